The van der Waals surface area contributed by atoms with E-state index in [1.807, 2.05) is 6.07 Å². The zero-order valence-corrected chi connectivity index (χ0v) is 5.81. The summed E-state index contributed by atoms with van der Waals surface area (Å²) in [6.07, 6.45) is 0.140. The van der Waals surface area contributed by atoms with Crippen LogP contribution in [-0.4, -0.2) is 19.3 Å². The average Bonchev–Trinajstić information content (AvgIpc) is 1.94. The molecule has 0 spiro atoms. The molecule has 1 aliphatic rings. The second-order valence-corrected chi connectivity index (χ2v) is 2.63. The summed E-state index contributed by atoms with van der Waals surface area (Å²) in [6.45, 7) is 1.41. The Hall–Kier alpha value is -0.620. The van der Waals surface area contributed by atoms with Gasteiger partial charge in [-0.25, -0.2) is 4.39 Å². The smallest absolute Gasteiger partial charge is 0.106 e. The molecule has 2 nitrogen and oxygen atoms in total. The predicted octanol–water partition coefficient (Wildman–Crippen LogP) is 0.848. The molecule has 0 aliphatic carbocycles. The predicted molar refractivity (Wildman–Crippen MR) is 36.1 cm³/mol. The summed E-state index contributed by atoms with van der Waals surface area (Å²) in [6, 6.07) is 1.99. The normalized spacial score (nSPS) is 33.2. The minimum absolute atomic E-state index is 0.0706. The van der Waals surface area contributed by atoms with Crippen molar-refractivity contribution >= 4 is 0 Å². The molecule has 0 unspecified atom stereocenters. The lowest BCUT2D eigenvalue weighted by molar-refractivity contribution is 0.181. The van der Waals surface area contributed by atoms with Crippen LogP contribution in [0.1, 0.15) is 12.8 Å². The minimum Gasteiger partial charge on any atom is -0.316 e. The van der Waals surface area contributed by atoms with E-state index in [1.54, 1.807) is 0 Å². The van der Waals surface area contributed by atoms with Gasteiger partial charge in [0.2, 0.25) is 0 Å². The van der Waals surface area contributed by atoms with Crippen molar-refractivity contribution in [2.24, 2.45) is 5.92 Å². The van der Waals surface area contributed by atoms with E-state index in [0.29, 0.717) is 19.4 Å². The fourth-order valence-corrected chi connectivity index (χ4v) is 1.21. The number of hydrogen-bond acceptors (Lipinski definition) is 2. The lowest BCUT2D eigenvalue weighted by Crippen LogP contribution is -2.37. The van der Waals surface area contributed by atoms with Gasteiger partial charge in [-0.15, -0.1) is 0 Å². The number of alkyl halides is 1. The van der Waals surface area contributed by atoms with Gasteiger partial charge in [0.25, 0.3) is 0 Å². The fourth-order valence-electron chi connectivity index (χ4n) is 1.21. The molecule has 1 saturated heterocycles. The molecular formula is C7H11FN2. The number of piperidine rings is 1. The Morgan fingerprint density at radius 3 is 3.10 bits per heavy atom. The minimum atomic E-state index is -0.763. The number of halogens is 1. The Bertz CT molecular complexity index is 141. The van der Waals surface area contributed by atoms with Crippen LogP contribution in [0.2, 0.25) is 0 Å². The molecule has 0 radical (unpaired) electrons. The first-order valence-corrected chi connectivity index (χ1v) is 3.56. The summed E-state index contributed by atoms with van der Waals surface area (Å²) in [4.78, 5) is 0. The van der Waals surface area contributed by atoms with Crippen molar-refractivity contribution < 1.29 is 4.39 Å². The number of hydrogen-bond donors (Lipinski definition) is 1. The summed E-state index contributed by atoms with van der Waals surface area (Å²) in [5.74, 6) is -0.0706. The second kappa shape index (κ2) is 3.52. The van der Waals surface area contributed by atoms with E-state index in [4.69, 9.17) is 5.26 Å². The Morgan fingerprint density at radius 1 is 1.70 bits per heavy atom. The topological polar surface area (TPSA) is 35.8 Å². The van der Waals surface area contributed by atoms with Crippen molar-refractivity contribution in [3.8, 4) is 6.07 Å². The van der Waals surface area contributed by atoms with Gasteiger partial charge in [0.15, 0.2) is 0 Å². The van der Waals surface area contributed by atoms with Crippen molar-refractivity contribution in [2.75, 3.05) is 13.1 Å². The molecule has 2 atom stereocenters. The molecule has 1 fully saturated rings. The van der Waals surface area contributed by atoms with E-state index in [2.05, 4.69) is 5.32 Å². The molecule has 1 rings (SSSR count). The van der Waals surface area contributed by atoms with Crippen LogP contribution in [0.3, 0.4) is 0 Å². The molecule has 0 bridgehead atoms. The Kier molecular flexibility index (Phi) is 2.64. The van der Waals surface area contributed by atoms with Crippen LogP contribution in [-0.2, 0) is 0 Å². The first-order valence-electron chi connectivity index (χ1n) is 3.56. The van der Waals surface area contributed by atoms with Crippen LogP contribution in [0.5, 0.6) is 0 Å². The SMILES string of the molecule is N#CC[C@@H]1CNCC[C@H]1F. The molecular weight excluding hydrogens is 131 g/mol. The van der Waals surface area contributed by atoms with E-state index < -0.39 is 6.17 Å². The molecule has 1 N–H and O–H groups in total. The Labute approximate surface area is 60.0 Å². The van der Waals surface area contributed by atoms with Gasteiger partial charge < -0.3 is 5.32 Å². The molecule has 0 aromatic heterocycles. The Balaban J connectivity index is 2.34. The lowest BCUT2D eigenvalue weighted by atomic mass is 9.95. The summed E-state index contributed by atoms with van der Waals surface area (Å²) in [5, 5.41) is 11.4. The maximum atomic E-state index is 12.8. The van der Waals surface area contributed by atoms with Crippen LogP contribution in [0.15, 0.2) is 0 Å². The third kappa shape index (κ3) is 1.68. The average molecular weight is 142 g/mol. The molecule has 1 heterocycles. The standard InChI is InChI=1S/C7H11FN2/c8-7-2-4-10-5-6(7)1-3-9/h6-7,10H,1-2,4-5H2/t6-,7-/m1/s1. The fraction of sp³-hybridized carbons (Fsp3) is 0.857. The van der Waals surface area contributed by atoms with E-state index in [0.717, 1.165) is 6.54 Å². The zero-order valence-electron chi connectivity index (χ0n) is 5.81. The van der Waals surface area contributed by atoms with Gasteiger partial charge in [-0.05, 0) is 13.0 Å². The number of rotatable bonds is 1. The second-order valence-electron chi connectivity index (χ2n) is 2.63. The van der Waals surface area contributed by atoms with Gasteiger partial charge >= 0.3 is 0 Å². The van der Waals surface area contributed by atoms with Gasteiger partial charge in [0.1, 0.15) is 6.17 Å². The van der Waals surface area contributed by atoms with Crippen LogP contribution in [0.25, 0.3) is 0 Å². The number of nitrogens with one attached hydrogen (secondary N) is 1. The maximum absolute atomic E-state index is 12.8. The molecule has 0 amide bonds. The molecule has 10 heavy (non-hydrogen) atoms. The third-order valence-electron chi connectivity index (χ3n) is 1.87. The highest BCUT2D eigenvalue weighted by atomic mass is 19.1. The first kappa shape index (κ1) is 7.49. The first-order chi connectivity index (χ1) is 4.84. The van der Waals surface area contributed by atoms with E-state index in [1.165, 1.54) is 0 Å². The van der Waals surface area contributed by atoms with Crippen molar-refractivity contribution in [3.05, 3.63) is 0 Å². The quantitative estimate of drug-likeness (QED) is 0.589. The highest BCUT2D eigenvalue weighted by Crippen LogP contribution is 2.17. The monoisotopic (exact) mass is 142 g/mol. The number of nitrogens with zero attached hydrogens (tertiary/aromatic N) is 1. The number of nitriles is 1. The van der Waals surface area contributed by atoms with E-state index in [-0.39, 0.29) is 5.92 Å². The summed E-state index contributed by atoms with van der Waals surface area (Å²) in [7, 11) is 0. The maximum Gasteiger partial charge on any atom is 0.106 e. The molecule has 1 aliphatic heterocycles. The van der Waals surface area contributed by atoms with Gasteiger partial charge in [-0.2, -0.15) is 5.26 Å². The molecule has 3 heteroatoms. The molecule has 0 aromatic rings. The molecule has 56 valence electrons. The highest BCUT2D eigenvalue weighted by molar-refractivity contribution is 4.85. The van der Waals surface area contributed by atoms with Crippen LogP contribution in [0, 0.1) is 17.2 Å². The summed E-state index contributed by atoms with van der Waals surface area (Å²) < 4.78 is 12.8. The van der Waals surface area contributed by atoms with Gasteiger partial charge in [0, 0.05) is 18.9 Å². The highest BCUT2D eigenvalue weighted by Gasteiger charge is 2.23. The van der Waals surface area contributed by atoms with E-state index >= 15 is 0 Å². The van der Waals surface area contributed by atoms with E-state index in [9.17, 15) is 4.39 Å². The molecule has 0 saturated carbocycles. The van der Waals surface area contributed by atoms with Crippen molar-refractivity contribution in [2.45, 2.75) is 19.0 Å². The summed E-state index contributed by atoms with van der Waals surface area (Å²) in [5.41, 5.74) is 0. The van der Waals surface area contributed by atoms with Gasteiger partial charge in [-0.3, -0.25) is 0 Å². The van der Waals surface area contributed by atoms with Crippen LogP contribution >= 0.6 is 0 Å². The van der Waals surface area contributed by atoms with Gasteiger partial charge in [0.05, 0.1) is 6.07 Å². The van der Waals surface area contributed by atoms with Crippen molar-refractivity contribution in [1.29, 1.82) is 5.26 Å². The third-order valence-corrected chi connectivity index (χ3v) is 1.87. The van der Waals surface area contributed by atoms with Crippen LogP contribution < -0.4 is 5.32 Å². The van der Waals surface area contributed by atoms with Crippen molar-refractivity contribution in [1.82, 2.24) is 5.32 Å². The van der Waals surface area contributed by atoms with Crippen molar-refractivity contribution in [3.63, 3.8) is 0 Å². The lowest BCUT2D eigenvalue weighted by Gasteiger charge is -2.24. The summed E-state index contributed by atoms with van der Waals surface area (Å²) >= 11 is 0. The Morgan fingerprint density at radius 2 is 2.50 bits per heavy atom. The zero-order chi connectivity index (χ0) is 7.40. The van der Waals surface area contributed by atoms with Crippen LogP contribution in [0.4, 0.5) is 4.39 Å². The van der Waals surface area contributed by atoms with Gasteiger partial charge in [-0.1, -0.05) is 0 Å². The largest absolute Gasteiger partial charge is 0.316 e. The molecule has 0 aromatic carbocycles.